The van der Waals surface area contributed by atoms with Crippen molar-refractivity contribution in [2.24, 2.45) is 14.1 Å². The van der Waals surface area contributed by atoms with Crippen LogP contribution in [-0.4, -0.2) is 9.13 Å². The molecule has 0 saturated carbocycles. The van der Waals surface area contributed by atoms with Gasteiger partial charge in [-0.15, -0.1) is 0 Å². The van der Waals surface area contributed by atoms with Crippen LogP contribution in [0.15, 0.2) is 167 Å². The predicted octanol–water partition coefficient (Wildman–Crippen LogP) is 11.3. The SMILES string of the molecule is Cc1cc(N(c2ccccc2)c2ccccc2)cc2c1c1cc3c(=O)n(C)c4cc(N(c5ccccc5)c5ccccc5)cc(C)c4c3cc1c(=O)n2C. The van der Waals surface area contributed by atoms with Crippen molar-refractivity contribution in [1.29, 1.82) is 0 Å². The molecule has 0 bridgehead atoms. The average molecular weight is 703 g/mol. The highest BCUT2D eigenvalue weighted by molar-refractivity contribution is 6.18. The van der Waals surface area contributed by atoms with Crippen LogP contribution in [-0.2, 0) is 14.1 Å². The zero-order chi connectivity index (χ0) is 37.1. The number of anilines is 6. The Balaban J connectivity index is 1.29. The zero-order valence-corrected chi connectivity index (χ0v) is 30.6. The predicted molar refractivity (Wildman–Crippen MR) is 226 cm³/mol. The molecule has 6 nitrogen and oxygen atoms in total. The van der Waals surface area contributed by atoms with Gasteiger partial charge in [0.25, 0.3) is 11.1 Å². The van der Waals surface area contributed by atoms with Crippen LogP contribution in [0.1, 0.15) is 11.1 Å². The van der Waals surface area contributed by atoms with E-state index >= 15 is 0 Å². The third kappa shape index (κ3) is 5.26. The molecule has 0 spiro atoms. The van der Waals surface area contributed by atoms with Gasteiger partial charge in [-0.2, -0.15) is 0 Å². The van der Waals surface area contributed by atoms with Crippen molar-refractivity contribution in [3.8, 4) is 0 Å². The summed E-state index contributed by atoms with van der Waals surface area (Å²) in [6.45, 7) is 4.17. The molecule has 2 heterocycles. The molecule has 0 saturated heterocycles. The van der Waals surface area contributed by atoms with Crippen molar-refractivity contribution in [1.82, 2.24) is 9.13 Å². The molecule has 9 aromatic rings. The highest BCUT2D eigenvalue weighted by Gasteiger charge is 2.21. The van der Waals surface area contributed by atoms with E-state index in [2.05, 4.69) is 96.4 Å². The molecule has 0 amide bonds. The van der Waals surface area contributed by atoms with Crippen molar-refractivity contribution in [3.63, 3.8) is 0 Å². The minimum Gasteiger partial charge on any atom is -0.311 e. The zero-order valence-electron chi connectivity index (χ0n) is 30.6. The van der Waals surface area contributed by atoms with Crippen LogP contribution in [0.5, 0.6) is 0 Å². The number of hydrogen-bond acceptors (Lipinski definition) is 4. The first-order valence-corrected chi connectivity index (χ1v) is 18.1. The molecule has 0 aliphatic heterocycles. The second-order valence-corrected chi connectivity index (χ2v) is 14.0. The lowest BCUT2D eigenvalue weighted by Crippen LogP contribution is -2.21. The first-order chi connectivity index (χ1) is 26.3. The van der Waals surface area contributed by atoms with Crippen LogP contribution in [0.4, 0.5) is 34.1 Å². The summed E-state index contributed by atoms with van der Waals surface area (Å²) in [5, 5.41) is 4.64. The number of benzene rings is 7. The molecule has 262 valence electrons. The summed E-state index contributed by atoms with van der Waals surface area (Å²) in [6, 6.07) is 53.4. The maximum Gasteiger partial charge on any atom is 0.258 e. The number of fused-ring (bicyclic) bond motifs is 6. The van der Waals surface area contributed by atoms with E-state index in [1.165, 1.54) is 0 Å². The van der Waals surface area contributed by atoms with Gasteiger partial charge in [-0.3, -0.25) is 9.59 Å². The molecule has 0 unspecified atom stereocenters. The van der Waals surface area contributed by atoms with E-state index in [4.69, 9.17) is 0 Å². The molecule has 7 aromatic carbocycles. The Morgan fingerprint density at radius 1 is 0.370 bits per heavy atom. The van der Waals surface area contributed by atoms with Gasteiger partial charge in [-0.05, 0) is 121 Å². The highest BCUT2D eigenvalue weighted by atomic mass is 16.1. The molecular weight excluding hydrogens is 665 g/mol. The van der Waals surface area contributed by atoms with E-state index in [9.17, 15) is 9.59 Å². The Morgan fingerprint density at radius 2 is 0.667 bits per heavy atom. The van der Waals surface area contributed by atoms with Crippen LogP contribution in [0.3, 0.4) is 0 Å². The van der Waals surface area contributed by atoms with E-state index in [0.29, 0.717) is 10.8 Å². The summed E-state index contributed by atoms with van der Waals surface area (Å²) >= 11 is 0. The third-order valence-corrected chi connectivity index (χ3v) is 10.7. The summed E-state index contributed by atoms with van der Waals surface area (Å²) in [7, 11) is 3.68. The van der Waals surface area contributed by atoms with Gasteiger partial charge in [0, 0.05) is 69.8 Å². The van der Waals surface area contributed by atoms with Gasteiger partial charge >= 0.3 is 0 Å². The summed E-state index contributed by atoms with van der Waals surface area (Å²) in [4.78, 5) is 33.2. The van der Waals surface area contributed by atoms with Gasteiger partial charge in [0.05, 0.1) is 11.0 Å². The lowest BCUT2D eigenvalue weighted by molar-refractivity contribution is 0.915. The number of aromatic nitrogens is 2. The lowest BCUT2D eigenvalue weighted by atomic mass is 9.95. The highest BCUT2D eigenvalue weighted by Crippen LogP contribution is 2.41. The van der Waals surface area contributed by atoms with E-state index in [1.54, 1.807) is 9.13 Å². The Hall–Kier alpha value is -6.92. The molecular formula is C48H38N4O2. The standard InChI is InChI=1S/C48H38N4O2/c1-31-25-37(51(33-17-9-5-10-18-33)34-19-11-6-12-20-34)27-43-45(31)39-29-42-40(30-41(39)47(53)49(43)3)46-32(2)26-38(28-44(46)50(4)48(42)54)52(35-21-13-7-14-22-35)36-23-15-8-16-24-36/h5-30H,1-4H3. The smallest absolute Gasteiger partial charge is 0.258 e. The van der Waals surface area contributed by atoms with Crippen LogP contribution < -0.4 is 20.9 Å². The van der Waals surface area contributed by atoms with Crippen LogP contribution in [0.2, 0.25) is 0 Å². The quantitative estimate of drug-likeness (QED) is 0.128. The van der Waals surface area contributed by atoms with Gasteiger partial charge in [0.1, 0.15) is 0 Å². The largest absolute Gasteiger partial charge is 0.311 e. The van der Waals surface area contributed by atoms with E-state index < -0.39 is 0 Å². The Morgan fingerprint density at radius 3 is 0.963 bits per heavy atom. The summed E-state index contributed by atoms with van der Waals surface area (Å²) in [5.74, 6) is 0. The molecule has 0 atom stereocenters. The molecule has 0 radical (unpaired) electrons. The number of pyridine rings is 2. The monoisotopic (exact) mass is 702 g/mol. The number of rotatable bonds is 6. The maximum absolute atomic E-state index is 14.4. The van der Waals surface area contributed by atoms with Gasteiger partial charge in [-0.25, -0.2) is 0 Å². The molecule has 0 N–H and O–H groups in total. The molecule has 54 heavy (non-hydrogen) atoms. The molecule has 0 fully saturated rings. The van der Waals surface area contributed by atoms with E-state index in [-0.39, 0.29) is 11.1 Å². The summed E-state index contributed by atoms with van der Waals surface area (Å²) in [6.07, 6.45) is 0. The Labute approximate surface area is 313 Å². The lowest BCUT2D eigenvalue weighted by Gasteiger charge is -2.27. The first kappa shape index (κ1) is 33.0. The molecule has 2 aromatic heterocycles. The van der Waals surface area contributed by atoms with Gasteiger partial charge in [0.2, 0.25) is 0 Å². The van der Waals surface area contributed by atoms with Crippen molar-refractivity contribution in [2.75, 3.05) is 9.80 Å². The number of hydrogen-bond donors (Lipinski definition) is 0. The van der Waals surface area contributed by atoms with Crippen molar-refractivity contribution >= 4 is 77.5 Å². The summed E-state index contributed by atoms with van der Waals surface area (Å²) < 4.78 is 3.50. The number of para-hydroxylation sites is 4. The topological polar surface area (TPSA) is 50.5 Å². The molecule has 6 heteroatoms. The summed E-state index contributed by atoms with van der Waals surface area (Å²) in [5.41, 5.74) is 9.38. The average Bonchev–Trinajstić information content (AvgIpc) is 3.20. The van der Waals surface area contributed by atoms with Crippen molar-refractivity contribution in [2.45, 2.75) is 13.8 Å². The fraction of sp³-hybridized carbons (Fsp3) is 0.0833. The fourth-order valence-electron chi connectivity index (χ4n) is 8.14. The molecule has 9 rings (SSSR count). The van der Waals surface area contributed by atoms with Crippen LogP contribution in [0, 0.1) is 13.8 Å². The Kier molecular flexibility index (Phi) is 7.89. The maximum atomic E-state index is 14.4. The van der Waals surface area contributed by atoms with Crippen LogP contribution in [0.25, 0.3) is 43.4 Å². The molecule has 0 aliphatic rings. The van der Waals surface area contributed by atoms with Gasteiger partial charge in [-0.1, -0.05) is 72.8 Å². The van der Waals surface area contributed by atoms with Crippen LogP contribution >= 0.6 is 0 Å². The van der Waals surface area contributed by atoms with Crippen molar-refractivity contribution < 1.29 is 0 Å². The number of aryl methyl sites for hydroxylation is 4. The second kappa shape index (κ2) is 12.9. The van der Waals surface area contributed by atoms with Gasteiger partial charge < -0.3 is 18.9 Å². The van der Waals surface area contributed by atoms with Gasteiger partial charge in [0.15, 0.2) is 0 Å². The minimum atomic E-state index is -0.107. The third-order valence-electron chi connectivity index (χ3n) is 10.7. The Bertz CT molecular complexity index is 2720. The minimum absolute atomic E-state index is 0.107. The van der Waals surface area contributed by atoms with E-state index in [0.717, 1.165) is 77.8 Å². The first-order valence-electron chi connectivity index (χ1n) is 18.1. The second-order valence-electron chi connectivity index (χ2n) is 14.0. The fourth-order valence-corrected chi connectivity index (χ4v) is 8.14. The molecule has 0 aliphatic carbocycles. The number of nitrogens with zero attached hydrogens (tertiary/aromatic N) is 4. The van der Waals surface area contributed by atoms with E-state index in [1.807, 2.05) is 99.0 Å². The van der Waals surface area contributed by atoms with Crippen molar-refractivity contribution in [3.05, 3.63) is 190 Å². The normalized spacial score (nSPS) is 11.5.